The van der Waals surface area contributed by atoms with Crippen LogP contribution in [0.25, 0.3) is 11.0 Å². The summed E-state index contributed by atoms with van der Waals surface area (Å²) < 4.78 is 15.4. The van der Waals surface area contributed by atoms with Gasteiger partial charge in [-0.25, -0.2) is 4.79 Å². The van der Waals surface area contributed by atoms with E-state index in [2.05, 4.69) is 10.1 Å². The van der Waals surface area contributed by atoms with E-state index in [1.54, 1.807) is 25.1 Å². The first-order chi connectivity index (χ1) is 13.5. The molecule has 0 spiro atoms. The van der Waals surface area contributed by atoms with Crippen molar-refractivity contribution in [3.05, 3.63) is 40.2 Å². The van der Waals surface area contributed by atoms with Crippen molar-refractivity contribution in [1.82, 2.24) is 10.2 Å². The lowest BCUT2D eigenvalue weighted by molar-refractivity contribution is -0.145. The van der Waals surface area contributed by atoms with E-state index in [0.717, 1.165) is 0 Å². The summed E-state index contributed by atoms with van der Waals surface area (Å²) in [6.45, 7) is 2.57. The number of carbonyl (C=O) groups is 3. The number of nitrogens with one attached hydrogen (secondary N) is 1. The van der Waals surface area contributed by atoms with E-state index >= 15 is 0 Å². The first-order valence-corrected chi connectivity index (χ1v) is 8.81. The summed E-state index contributed by atoms with van der Waals surface area (Å²) in [5.41, 5.74) is -0.813. The molecule has 1 saturated heterocycles. The van der Waals surface area contributed by atoms with Crippen LogP contribution in [0.2, 0.25) is 0 Å². The van der Waals surface area contributed by atoms with Crippen molar-refractivity contribution in [1.29, 1.82) is 0 Å². The van der Waals surface area contributed by atoms with Crippen LogP contribution in [0.1, 0.15) is 23.7 Å². The van der Waals surface area contributed by atoms with Crippen LogP contribution in [-0.2, 0) is 14.3 Å². The zero-order valence-electron chi connectivity index (χ0n) is 15.5. The molecule has 9 nitrogen and oxygen atoms in total. The van der Waals surface area contributed by atoms with E-state index in [1.165, 1.54) is 18.1 Å². The Morgan fingerprint density at radius 3 is 2.82 bits per heavy atom. The highest BCUT2D eigenvalue weighted by atomic mass is 16.5. The van der Waals surface area contributed by atoms with Crippen molar-refractivity contribution >= 4 is 28.8 Å². The average molecular weight is 388 g/mol. The van der Waals surface area contributed by atoms with E-state index in [-0.39, 0.29) is 30.7 Å². The zero-order chi connectivity index (χ0) is 20.3. The van der Waals surface area contributed by atoms with Crippen LogP contribution in [-0.4, -0.2) is 55.5 Å². The number of rotatable bonds is 5. The molecule has 0 bridgehead atoms. The summed E-state index contributed by atoms with van der Waals surface area (Å²) in [5.74, 6) is -1.39. The Bertz CT molecular complexity index is 982. The van der Waals surface area contributed by atoms with E-state index in [9.17, 15) is 19.2 Å². The standard InChI is InChI=1S/C19H20N2O7/c1-3-27-14-6-4-5-11-9-12(19(25)28-16(11)14)18(24)21-8-7-20-17(23)13(21)10-15(22)26-2/h4-6,9,13H,3,7-8,10H2,1-2H3,(H,20,23). The average Bonchev–Trinajstić information content (AvgIpc) is 2.69. The predicted octanol–water partition coefficient (Wildman–Crippen LogP) is 0.695. The van der Waals surface area contributed by atoms with Gasteiger partial charge in [0, 0.05) is 18.5 Å². The number of hydrogen-bond donors (Lipinski definition) is 1. The first kappa shape index (κ1) is 19.4. The van der Waals surface area contributed by atoms with Gasteiger partial charge >= 0.3 is 11.6 Å². The number of nitrogens with zero attached hydrogens (tertiary/aromatic N) is 1. The van der Waals surface area contributed by atoms with Gasteiger partial charge in [0.05, 0.1) is 20.1 Å². The Labute approximate surface area is 160 Å². The number of hydrogen-bond acceptors (Lipinski definition) is 7. The van der Waals surface area contributed by atoms with Crippen LogP contribution in [0.4, 0.5) is 0 Å². The van der Waals surface area contributed by atoms with Gasteiger partial charge in [-0.2, -0.15) is 0 Å². The van der Waals surface area contributed by atoms with Crippen LogP contribution in [0.15, 0.2) is 33.5 Å². The molecular weight excluding hydrogens is 368 g/mol. The second kappa shape index (κ2) is 8.12. The van der Waals surface area contributed by atoms with Gasteiger partial charge in [-0.15, -0.1) is 0 Å². The summed E-state index contributed by atoms with van der Waals surface area (Å²) in [6.07, 6.45) is -0.304. The number of piperazine rings is 1. The number of ether oxygens (including phenoxy) is 2. The van der Waals surface area contributed by atoms with E-state index in [4.69, 9.17) is 9.15 Å². The van der Waals surface area contributed by atoms with E-state index < -0.39 is 29.5 Å². The van der Waals surface area contributed by atoms with Crippen LogP contribution in [0.3, 0.4) is 0 Å². The molecule has 1 aliphatic rings. The molecule has 1 atom stereocenters. The number of esters is 1. The highest BCUT2D eigenvalue weighted by Gasteiger charge is 2.36. The minimum atomic E-state index is -1.06. The molecule has 9 heteroatoms. The lowest BCUT2D eigenvalue weighted by Crippen LogP contribution is -2.58. The van der Waals surface area contributed by atoms with Gasteiger partial charge in [0.15, 0.2) is 11.3 Å². The maximum absolute atomic E-state index is 13.0. The molecule has 2 aromatic rings. The molecule has 1 aromatic heterocycles. The van der Waals surface area contributed by atoms with Gasteiger partial charge < -0.3 is 24.1 Å². The number of fused-ring (bicyclic) bond motifs is 1. The highest BCUT2D eigenvalue weighted by Crippen LogP contribution is 2.25. The molecule has 0 radical (unpaired) electrons. The molecule has 28 heavy (non-hydrogen) atoms. The molecule has 0 saturated carbocycles. The van der Waals surface area contributed by atoms with E-state index in [0.29, 0.717) is 17.7 Å². The molecule has 1 unspecified atom stereocenters. The van der Waals surface area contributed by atoms with Gasteiger partial charge in [0.25, 0.3) is 5.91 Å². The number of amides is 2. The Morgan fingerprint density at radius 1 is 1.32 bits per heavy atom. The summed E-state index contributed by atoms with van der Waals surface area (Å²) in [6, 6.07) is 5.42. The van der Waals surface area contributed by atoms with Crippen LogP contribution in [0.5, 0.6) is 5.75 Å². The lowest BCUT2D eigenvalue weighted by Gasteiger charge is -2.34. The maximum atomic E-state index is 13.0. The molecule has 1 fully saturated rings. The molecule has 2 amide bonds. The Hall–Kier alpha value is -3.36. The molecule has 1 aromatic carbocycles. The molecule has 1 N–H and O–H groups in total. The fraction of sp³-hybridized carbons (Fsp3) is 0.368. The predicted molar refractivity (Wildman–Crippen MR) is 98.1 cm³/mol. The van der Waals surface area contributed by atoms with Gasteiger partial charge in [-0.1, -0.05) is 12.1 Å². The molecule has 0 aliphatic carbocycles. The van der Waals surface area contributed by atoms with Crippen LogP contribution >= 0.6 is 0 Å². The second-order valence-electron chi connectivity index (χ2n) is 6.14. The third kappa shape index (κ3) is 3.68. The number of benzene rings is 1. The monoisotopic (exact) mass is 388 g/mol. The molecular formula is C19H20N2O7. The molecule has 148 valence electrons. The fourth-order valence-corrected chi connectivity index (χ4v) is 3.09. The Morgan fingerprint density at radius 2 is 2.11 bits per heavy atom. The second-order valence-corrected chi connectivity index (χ2v) is 6.14. The third-order valence-electron chi connectivity index (χ3n) is 4.43. The number of methoxy groups -OCH3 is 1. The zero-order valence-corrected chi connectivity index (χ0v) is 15.5. The Kier molecular flexibility index (Phi) is 5.62. The summed E-state index contributed by atoms with van der Waals surface area (Å²) in [5, 5.41) is 3.12. The first-order valence-electron chi connectivity index (χ1n) is 8.81. The lowest BCUT2D eigenvalue weighted by atomic mass is 10.1. The van der Waals surface area contributed by atoms with Crippen LogP contribution in [0, 0.1) is 0 Å². The summed E-state index contributed by atoms with van der Waals surface area (Å²) >= 11 is 0. The van der Waals surface area contributed by atoms with Gasteiger partial charge in [0.2, 0.25) is 5.91 Å². The smallest absolute Gasteiger partial charge is 0.349 e. The van der Waals surface area contributed by atoms with Crippen molar-refractivity contribution in [3.8, 4) is 5.75 Å². The van der Waals surface area contributed by atoms with Gasteiger partial charge in [-0.05, 0) is 19.1 Å². The van der Waals surface area contributed by atoms with Gasteiger partial charge in [0.1, 0.15) is 11.6 Å². The van der Waals surface area contributed by atoms with Crippen molar-refractivity contribution in [3.63, 3.8) is 0 Å². The molecule has 2 heterocycles. The number of para-hydroxylation sites is 1. The minimum Gasteiger partial charge on any atom is -0.490 e. The summed E-state index contributed by atoms with van der Waals surface area (Å²) in [7, 11) is 1.20. The van der Waals surface area contributed by atoms with Crippen molar-refractivity contribution in [2.45, 2.75) is 19.4 Å². The Balaban J connectivity index is 1.99. The quantitative estimate of drug-likeness (QED) is 0.592. The van der Waals surface area contributed by atoms with Gasteiger partial charge in [-0.3, -0.25) is 14.4 Å². The normalized spacial score (nSPS) is 16.6. The molecule has 3 rings (SSSR count). The maximum Gasteiger partial charge on any atom is 0.349 e. The van der Waals surface area contributed by atoms with Crippen molar-refractivity contribution in [2.75, 3.05) is 26.8 Å². The topological polar surface area (TPSA) is 115 Å². The summed E-state index contributed by atoms with van der Waals surface area (Å²) in [4.78, 5) is 50.5. The largest absolute Gasteiger partial charge is 0.490 e. The minimum absolute atomic E-state index is 0.155. The highest BCUT2D eigenvalue weighted by molar-refractivity contribution is 6.01. The van der Waals surface area contributed by atoms with Crippen molar-refractivity contribution < 1.29 is 28.3 Å². The SMILES string of the molecule is CCOc1cccc2cc(C(=O)N3CCNC(=O)C3CC(=O)OC)c(=O)oc12. The molecule has 1 aliphatic heterocycles. The van der Waals surface area contributed by atoms with Crippen molar-refractivity contribution in [2.24, 2.45) is 0 Å². The van der Waals surface area contributed by atoms with E-state index in [1.807, 2.05) is 0 Å². The fourth-order valence-electron chi connectivity index (χ4n) is 3.09. The van der Waals surface area contributed by atoms with Crippen LogP contribution < -0.4 is 15.7 Å². The number of carbonyl (C=O) groups excluding carboxylic acids is 3. The third-order valence-corrected chi connectivity index (χ3v) is 4.43.